The number of hydrogen-bond donors (Lipinski definition) is 1. The Morgan fingerprint density at radius 2 is 1.79 bits per heavy atom. The zero-order valence-corrected chi connectivity index (χ0v) is 22.8. The van der Waals surface area contributed by atoms with E-state index in [-0.39, 0.29) is 15.7 Å². The number of rotatable bonds is 1. The van der Waals surface area contributed by atoms with Crippen LogP contribution in [0, 0.1) is 0 Å². The van der Waals surface area contributed by atoms with Crippen molar-refractivity contribution in [1.29, 1.82) is 0 Å². The average molecular weight is 548 g/mol. The van der Waals surface area contributed by atoms with Crippen molar-refractivity contribution >= 4 is 84.8 Å². The summed E-state index contributed by atoms with van der Waals surface area (Å²) in [5, 5.41) is 6.60. The van der Waals surface area contributed by atoms with Crippen molar-refractivity contribution in [1.82, 2.24) is 5.32 Å². The molecule has 169 valence electrons. The SMILES string of the molecule is CC1(C)c2cc(/C=C3/C(=O)N=C([Se])NC3=O)sc2N2c3ccccc3[Si](C)(C)c3cccc1c32. The van der Waals surface area contributed by atoms with Gasteiger partial charge in [-0.2, -0.15) is 0 Å². The number of para-hydroxylation sites is 2. The molecule has 0 bridgehead atoms. The van der Waals surface area contributed by atoms with Gasteiger partial charge in [0.2, 0.25) is 0 Å². The molecule has 3 aliphatic rings. The second-order valence-electron chi connectivity index (χ2n) is 9.91. The molecule has 0 saturated heterocycles. The first-order valence-corrected chi connectivity index (χ1v) is 15.8. The van der Waals surface area contributed by atoms with Gasteiger partial charge in [-0.1, -0.05) is 19.2 Å². The molecule has 2 aromatic carbocycles. The molecule has 5 nitrogen and oxygen atoms in total. The van der Waals surface area contributed by atoms with E-state index in [1.54, 1.807) is 17.4 Å². The first kappa shape index (κ1) is 21.7. The molecule has 3 aromatic rings. The van der Waals surface area contributed by atoms with Gasteiger partial charge in [0.15, 0.2) is 0 Å². The zero-order chi connectivity index (χ0) is 24.0. The first-order chi connectivity index (χ1) is 16.1. The number of carbonyl (C=O) groups excluding carboxylic acids is 2. The van der Waals surface area contributed by atoms with Crippen LogP contribution in [0.2, 0.25) is 13.1 Å². The van der Waals surface area contributed by atoms with Gasteiger partial charge in [0.25, 0.3) is 0 Å². The first-order valence-electron chi connectivity index (χ1n) is 11.1. The molecule has 34 heavy (non-hydrogen) atoms. The molecule has 0 fully saturated rings. The summed E-state index contributed by atoms with van der Waals surface area (Å²) < 4.78 is 0.207. The van der Waals surface area contributed by atoms with Gasteiger partial charge < -0.3 is 0 Å². The monoisotopic (exact) mass is 548 g/mol. The summed E-state index contributed by atoms with van der Waals surface area (Å²) in [7, 11) is -1.89. The Kier molecular flexibility index (Phi) is 4.55. The average Bonchev–Trinajstić information content (AvgIpc) is 3.21. The van der Waals surface area contributed by atoms with Gasteiger partial charge in [-0.25, -0.2) is 0 Å². The van der Waals surface area contributed by atoms with Crippen LogP contribution >= 0.6 is 11.3 Å². The Morgan fingerprint density at radius 3 is 2.56 bits per heavy atom. The third-order valence-corrected chi connectivity index (χ3v) is 12.2. The molecule has 1 radical (unpaired) electrons. The van der Waals surface area contributed by atoms with E-state index >= 15 is 0 Å². The van der Waals surface area contributed by atoms with Crippen LogP contribution in [0.15, 0.2) is 59.1 Å². The summed E-state index contributed by atoms with van der Waals surface area (Å²) in [6.45, 7) is 9.39. The molecular formula is C26H22N3O2SSeSi. The van der Waals surface area contributed by atoms with Gasteiger partial charge in [-0.3, -0.25) is 0 Å². The molecule has 4 heterocycles. The molecule has 8 heteroatoms. The molecule has 1 N–H and O–H groups in total. The van der Waals surface area contributed by atoms with Crippen LogP contribution in [0.25, 0.3) is 6.08 Å². The number of thiophene rings is 1. The molecule has 6 rings (SSSR count). The summed E-state index contributed by atoms with van der Waals surface area (Å²) in [6, 6.07) is 17.6. The summed E-state index contributed by atoms with van der Waals surface area (Å²) >= 11 is 4.21. The molecule has 3 aliphatic heterocycles. The molecule has 1 aromatic heterocycles. The topological polar surface area (TPSA) is 61.8 Å². The van der Waals surface area contributed by atoms with Crippen LogP contribution in [0.3, 0.4) is 0 Å². The number of benzene rings is 2. The van der Waals surface area contributed by atoms with E-state index in [9.17, 15) is 9.59 Å². The standard InChI is InChI=1S/C26H22N3O2SSeSi/c1-26(2)16-8-7-11-20-21(16)29(18-9-5-6-10-19(18)34(20,3)4)24-17(26)13-14(32-24)12-15-22(30)27-25(33)28-23(15)31/h5-13H,1-4H3,(H,27,28,30,31). The minimum absolute atomic E-state index is 0.0567. The molecule has 0 saturated carbocycles. The maximum absolute atomic E-state index is 12.5. The van der Waals surface area contributed by atoms with Crippen LogP contribution in [0.1, 0.15) is 29.9 Å². The predicted octanol–water partition coefficient (Wildman–Crippen LogP) is 3.56. The molecule has 2 amide bonds. The predicted molar refractivity (Wildman–Crippen MR) is 142 cm³/mol. The molecule has 0 spiro atoms. The van der Waals surface area contributed by atoms with Gasteiger partial charge in [0.1, 0.15) is 0 Å². The Bertz CT molecular complexity index is 1500. The molecular weight excluding hydrogens is 525 g/mol. The Labute approximate surface area is 211 Å². The van der Waals surface area contributed by atoms with Crippen molar-refractivity contribution in [3.63, 3.8) is 0 Å². The number of hydrogen-bond acceptors (Lipinski definition) is 4. The fourth-order valence-electron chi connectivity index (χ4n) is 5.41. The normalized spacial score (nSPS) is 20.3. The fraction of sp³-hybridized carbons (Fsp3) is 0.192. The van der Waals surface area contributed by atoms with E-state index in [4.69, 9.17) is 0 Å². The number of anilines is 3. The van der Waals surface area contributed by atoms with Gasteiger partial charge in [0, 0.05) is 0 Å². The number of fused-ring (bicyclic) bond motifs is 4. The van der Waals surface area contributed by atoms with Crippen molar-refractivity contribution in [2.75, 3.05) is 4.90 Å². The Morgan fingerprint density at radius 1 is 1.06 bits per heavy atom. The van der Waals surface area contributed by atoms with E-state index < -0.39 is 19.9 Å². The third-order valence-electron chi connectivity index (χ3n) is 7.22. The van der Waals surface area contributed by atoms with Crippen LogP contribution in [-0.2, 0) is 15.0 Å². The molecule has 0 aliphatic carbocycles. The summed E-state index contributed by atoms with van der Waals surface area (Å²) in [6.07, 6.45) is 1.67. The van der Waals surface area contributed by atoms with Crippen molar-refractivity contribution < 1.29 is 9.59 Å². The number of nitrogens with one attached hydrogen (secondary N) is 1. The maximum atomic E-state index is 12.5. The molecule has 0 unspecified atom stereocenters. The number of amidine groups is 1. The molecule has 0 atom stereocenters. The quantitative estimate of drug-likeness (QED) is 0.288. The third kappa shape index (κ3) is 2.86. The number of aliphatic imine (C=N–C) groups is 1. The number of carbonyl (C=O) groups is 2. The van der Waals surface area contributed by atoms with Crippen molar-refractivity contribution in [2.24, 2.45) is 4.99 Å². The van der Waals surface area contributed by atoms with E-state index in [1.165, 1.54) is 32.9 Å². The van der Waals surface area contributed by atoms with Crippen molar-refractivity contribution in [3.05, 3.63) is 70.1 Å². The van der Waals surface area contributed by atoms with Gasteiger partial charge in [0.05, 0.1) is 0 Å². The van der Waals surface area contributed by atoms with Gasteiger partial charge in [-0.15, -0.1) is 0 Å². The number of amides is 2. The Hall–Kier alpha value is -2.77. The van der Waals surface area contributed by atoms with Crippen molar-refractivity contribution in [3.8, 4) is 0 Å². The second kappa shape index (κ2) is 7.12. The van der Waals surface area contributed by atoms with Crippen LogP contribution in [-0.4, -0.2) is 40.6 Å². The van der Waals surface area contributed by atoms with Gasteiger partial charge >= 0.3 is 193 Å². The summed E-state index contributed by atoms with van der Waals surface area (Å²) in [5.74, 6) is -0.953. The van der Waals surface area contributed by atoms with Crippen LogP contribution in [0.4, 0.5) is 16.4 Å². The fourth-order valence-corrected chi connectivity index (χ4v) is 10.0. The number of nitrogens with zero attached hydrogens (tertiary/aromatic N) is 2. The van der Waals surface area contributed by atoms with Crippen LogP contribution in [0.5, 0.6) is 0 Å². The van der Waals surface area contributed by atoms with Crippen molar-refractivity contribution in [2.45, 2.75) is 32.4 Å². The summed E-state index contributed by atoms with van der Waals surface area (Å²) in [5.41, 5.74) is 4.89. The van der Waals surface area contributed by atoms with E-state index in [0.29, 0.717) is 0 Å². The van der Waals surface area contributed by atoms with E-state index in [1.807, 2.05) is 0 Å². The minimum atomic E-state index is -1.89. The zero-order valence-electron chi connectivity index (χ0n) is 19.2. The van der Waals surface area contributed by atoms with Gasteiger partial charge in [-0.05, 0) is 0 Å². The van der Waals surface area contributed by atoms with Crippen LogP contribution < -0.4 is 20.6 Å². The van der Waals surface area contributed by atoms with E-state index in [2.05, 4.69) is 107 Å². The Balaban J connectivity index is 1.61. The summed E-state index contributed by atoms with van der Waals surface area (Å²) in [4.78, 5) is 32.1. The second-order valence-corrected chi connectivity index (χ2v) is 16.1. The van der Waals surface area contributed by atoms with E-state index in [0.717, 1.165) is 9.88 Å².